The number of phenolic OH excluding ortho intramolecular Hbond substituents is 1. The molecule has 0 saturated carbocycles. The minimum Gasteiger partial charge on any atom is -0.507 e. The summed E-state index contributed by atoms with van der Waals surface area (Å²) in [5.74, 6) is 0.461. The molecule has 0 unspecified atom stereocenters. The molecule has 17 heavy (non-hydrogen) atoms. The van der Waals surface area contributed by atoms with Gasteiger partial charge in [-0.25, -0.2) is 0 Å². The van der Waals surface area contributed by atoms with Crippen molar-refractivity contribution in [3.05, 3.63) is 28.3 Å². The Labute approximate surface area is 106 Å². The molecule has 1 aromatic carbocycles. The molecule has 1 heteroatoms. The van der Waals surface area contributed by atoms with Crippen molar-refractivity contribution >= 4 is 0 Å². The number of phenols is 1. The van der Waals surface area contributed by atoms with Crippen molar-refractivity contribution in [2.75, 3.05) is 0 Å². The number of aromatic hydroxyl groups is 1. The van der Waals surface area contributed by atoms with Gasteiger partial charge in [-0.05, 0) is 41.4 Å². The van der Waals surface area contributed by atoms with Crippen LogP contribution in [0.25, 0.3) is 0 Å². The Hall–Kier alpha value is -0.980. The molecule has 0 saturated heterocycles. The van der Waals surface area contributed by atoms with E-state index >= 15 is 0 Å². The highest BCUT2D eigenvalue weighted by Crippen LogP contribution is 2.40. The summed E-state index contributed by atoms with van der Waals surface area (Å²) >= 11 is 0. The molecular formula is C16H26O. The largest absolute Gasteiger partial charge is 0.507 e. The molecule has 0 radical (unpaired) electrons. The smallest absolute Gasteiger partial charge is 0.122 e. The van der Waals surface area contributed by atoms with Gasteiger partial charge < -0.3 is 5.11 Å². The molecule has 0 aliphatic heterocycles. The third kappa shape index (κ3) is 2.65. The molecule has 96 valence electrons. The summed E-state index contributed by atoms with van der Waals surface area (Å²) < 4.78 is 0. The lowest BCUT2D eigenvalue weighted by Gasteiger charge is -2.30. The van der Waals surface area contributed by atoms with Gasteiger partial charge in [0.1, 0.15) is 5.75 Å². The Morgan fingerprint density at radius 1 is 0.882 bits per heavy atom. The lowest BCUT2D eigenvalue weighted by molar-refractivity contribution is 0.438. The number of aryl methyl sites for hydroxylation is 1. The van der Waals surface area contributed by atoms with Crippen LogP contribution in [0.4, 0.5) is 0 Å². The van der Waals surface area contributed by atoms with Crippen LogP contribution >= 0.6 is 0 Å². The molecule has 0 fully saturated rings. The molecule has 1 rings (SSSR count). The molecule has 0 atom stereocenters. The quantitative estimate of drug-likeness (QED) is 0.695. The normalized spacial score (nSPS) is 12.9. The molecule has 1 nitrogen and oxygen atoms in total. The van der Waals surface area contributed by atoms with Crippen molar-refractivity contribution in [3.8, 4) is 5.75 Å². The highest BCUT2D eigenvalue weighted by Gasteiger charge is 2.27. The van der Waals surface area contributed by atoms with Crippen LogP contribution in [0.2, 0.25) is 0 Å². The number of hydrogen-bond donors (Lipinski definition) is 1. The van der Waals surface area contributed by atoms with Crippen LogP contribution < -0.4 is 0 Å². The van der Waals surface area contributed by atoms with E-state index in [0.29, 0.717) is 5.75 Å². The first kappa shape index (κ1) is 14.1. The standard InChI is InChI=1S/C16H26O/c1-10-9-12(15(3,4)5)11(2)13(14(10)17)16(6,7)8/h9,17H,1-8H3. The van der Waals surface area contributed by atoms with E-state index in [2.05, 4.69) is 54.5 Å². The zero-order valence-electron chi connectivity index (χ0n) is 12.5. The van der Waals surface area contributed by atoms with E-state index in [1.807, 2.05) is 6.92 Å². The molecule has 0 aromatic heterocycles. The monoisotopic (exact) mass is 234 g/mol. The SMILES string of the molecule is Cc1cc(C(C)(C)C)c(C)c(C(C)(C)C)c1O. The van der Waals surface area contributed by atoms with Gasteiger partial charge in [-0.1, -0.05) is 47.6 Å². The summed E-state index contributed by atoms with van der Waals surface area (Å²) in [7, 11) is 0. The van der Waals surface area contributed by atoms with E-state index in [9.17, 15) is 5.11 Å². The Morgan fingerprint density at radius 2 is 1.35 bits per heavy atom. The first-order valence-corrected chi connectivity index (χ1v) is 6.30. The molecule has 0 aliphatic rings. The molecule has 1 aromatic rings. The average Bonchev–Trinajstić information content (AvgIpc) is 2.07. The Kier molecular flexibility index (Phi) is 3.35. The zero-order valence-corrected chi connectivity index (χ0v) is 12.5. The zero-order chi connectivity index (χ0) is 13.6. The van der Waals surface area contributed by atoms with Gasteiger partial charge in [-0.2, -0.15) is 0 Å². The average molecular weight is 234 g/mol. The molecule has 0 bridgehead atoms. The fourth-order valence-electron chi connectivity index (χ4n) is 2.60. The predicted molar refractivity (Wildman–Crippen MR) is 75.0 cm³/mol. The summed E-state index contributed by atoms with van der Waals surface area (Å²) in [5, 5.41) is 10.3. The second-order valence-electron chi connectivity index (χ2n) is 7.09. The minimum absolute atomic E-state index is 0.0276. The van der Waals surface area contributed by atoms with Gasteiger partial charge in [-0.15, -0.1) is 0 Å². The van der Waals surface area contributed by atoms with Crippen LogP contribution in [0.3, 0.4) is 0 Å². The van der Waals surface area contributed by atoms with E-state index in [4.69, 9.17) is 0 Å². The topological polar surface area (TPSA) is 20.2 Å². The predicted octanol–water partition coefficient (Wildman–Crippen LogP) is 4.60. The van der Waals surface area contributed by atoms with Gasteiger partial charge in [0, 0.05) is 5.56 Å². The Bertz CT molecular complexity index is 428. The van der Waals surface area contributed by atoms with E-state index in [1.165, 1.54) is 11.1 Å². The van der Waals surface area contributed by atoms with Gasteiger partial charge >= 0.3 is 0 Å². The second-order valence-corrected chi connectivity index (χ2v) is 7.09. The number of hydrogen-bond acceptors (Lipinski definition) is 1. The van der Waals surface area contributed by atoms with Crippen LogP contribution in [0.15, 0.2) is 6.07 Å². The Balaban J connectivity index is 3.67. The van der Waals surface area contributed by atoms with E-state index in [0.717, 1.165) is 11.1 Å². The summed E-state index contributed by atoms with van der Waals surface area (Å²) in [6.07, 6.45) is 0. The van der Waals surface area contributed by atoms with E-state index in [-0.39, 0.29) is 10.8 Å². The fraction of sp³-hybridized carbons (Fsp3) is 0.625. The maximum absolute atomic E-state index is 10.3. The highest BCUT2D eigenvalue weighted by molar-refractivity contribution is 5.53. The van der Waals surface area contributed by atoms with Crippen molar-refractivity contribution in [1.82, 2.24) is 0 Å². The van der Waals surface area contributed by atoms with Gasteiger partial charge in [0.25, 0.3) is 0 Å². The van der Waals surface area contributed by atoms with Gasteiger partial charge in [0.15, 0.2) is 0 Å². The van der Waals surface area contributed by atoms with Gasteiger partial charge in [0.2, 0.25) is 0 Å². The molecular weight excluding hydrogens is 208 g/mol. The third-order valence-corrected chi connectivity index (χ3v) is 3.31. The second kappa shape index (κ2) is 4.04. The van der Waals surface area contributed by atoms with Crippen LogP contribution in [0, 0.1) is 13.8 Å². The first-order chi connectivity index (χ1) is 7.46. The van der Waals surface area contributed by atoms with E-state index < -0.39 is 0 Å². The molecule has 1 N–H and O–H groups in total. The Morgan fingerprint density at radius 3 is 1.71 bits per heavy atom. The van der Waals surface area contributed by atoms with Gasteiger partial charge in [0.05, 0.1) is 0 Å². The number of rotatable bonds is 0. The maximum atomic E-state index is 10.3. The summed E-state index contributed by atoms with van der Waals surface area (Å²) in [5.41, 5.74) is 4.71. The first-order valence-electron chi connectivity index (χ1n) is 6.30. The molecule has 0 spiro atoms. The molecule has 0 amide bonds. The van der Waals surface area contributed by atoms with Crippen LogP contribution in [-0.4, -0.2) is 5.11 Å². The highest BCUT2D eigenvalue weighted by atomic mass is 16.3. The maximum Gasteiger partial charge on any atom is 0.122 e. The summed E-state index contributed by atoms with van der Waals surface area (Å²) in [6, 6.07) is 2.12. The minimum atomic E-state index is -0.0276. The van der Waals surface area contributed by atoms with Gasteiger partial charge in [-0.3, -0.25) is 0 Å². The van der Waals surface area contributed by atoms with Crippen LogP contribution in [0.5, 0.6) is 5.75 Å². The fourth-order valence-corrected chi connectivity index (χ4v) is 2.60. The van der Waals surface area contributed by atoms with Crippen molar-refractivity contribution in [1.29, 1.82) is 0 Å². The summed E-state index contributed by atoms with van der Waals surface area (Å²) in [6.45, 7) is 17.2. The van der Waals surface area contributed by atoms with Crippen molar-refractivity contribution in [3.63, 3.8) is 0 Å². The summed E-state index contributed by atoms with van der Waals surface area (Å²) in [4.78, 5) is 0. The third-order valence-electron chi connectivity index (χ3n) is 3.31. The van der Waals surface area contributed by atoms with Crippen LogP contribution in [0.1, 0.15) is 63.8 Å². The number of benzene rings is 1. The lowest BCUT2D eigenvalue weighted by Crippen LogP contribution is -2.20. The molecule has 0 heterocycles. The molecule has 0 aliphatic carbocycles. The van der Waals surface area contributed by atoms with Crippen LogP contribution in [-0.2, 0) is 10.8 Å². The van der Waals surface area contributed by atoms with E-state index in [1.54, 1.807) is 0 Å². The van der Waals surface area contributed by atoms with Crippen molar-refractivity contribution in [2.24, 2.45) is 0 Å². The van der Waals surface area contributed by atoms with Crippen molar-refractivity contribution in [2.45, 2.75) is 66.2 Å². The lowest BCUT2D eigenvalue weighted by atomic mass is 9.75. The van der Waals surface area contributed by atoms with Crippen molar-refractivity contribution < 1.29 is 5.11 Å².